The van der Waals surface area contributed by atoms with Crippen LogP contribution in [0.1, 0.15) is 23.7 Å². The molecule has 1 fully saturated rings. The van der Waals surface area contributed by atoms with Crippen LogP contribution in [0.25, 0.3) is 10.9 Å². The molecular formula is C25H30FN3O2. The van der Waals surface area contributed by atoms with Crippen molar-refractivity contribution in [2.45, 2.75) is 32.9 Å². The lowest BCUT2D eigenvalue weighted by molar-refractivity contribution is -0.133. The van der Waals surface area contributed by atoms with Crippen LogP contribution >= 0.6 is 0 Å². The van der Waals surface area contributed by atoms with Crippen molar-refractivity contribution in [3.05, 3.63) is 71.2 Å². The van der Waals surface area contributed by atoms with Crippen LogP contribution in [0.3, 0.4) is 0 Å². The van der Waals surface area contributed by atoms with E-state index in [0.717, 1.165) is 60.6 Å². The summed E-state index contributed by atoms with van der Waals surface area (Å²) in [5.74, 6) is -0.236. The SMILES string of the molecule is Cc1[nH]c2ccc(F)cc2c1CC(=O)N(Cc1ccccc1)C(C)CN1CCOCC1. The molecular weight excluding hydrogens is 393 g/mol. The number of hydrogen-bond acceptors (Lipinski definition) is 3. The Labute approximate surface area is 182 Å². The predicted molar refractivity (Wildman–Crippen MR) is 120 cm³/mol. The van der Waals surface area contributed by atoms with Crippen LogP contribution in [0, 0.1) is 12.7 Å². The number of carbonyl (C=O) groups excluding carboxylic acids is 1. The molecule has 3 aromatic rings. The number of fused-ring (bicyclic) bond motifs is 1. The number of ether oxygens (including phenoxy) is 1. The van der Waals surface area contributed by atoms with E-state index in [-0.39, 0.29) is 24.2 Å². The Morgan fingerprint density at radius 1 is 1.19 bits per heavy atom. The molecule has 5 nitrogen and oxygen atoms in total. The number of benzene rings is 2. The molecule has 2 aromatic carbocycles. The minimum Gasteiger partial charge on any atom is -0.379 e. The first-order valence-electron chi connectivity index (χ1n) is 10.9. The van der Waals surface area contributed by atoms with Gasteiger partial charge in [-0.2, -0.15) is 0 Å². The Hall–Kier alpha value is -2.70. The number of rotatable bonds is 7. The Bertz CT molecular complexity index is 1030. The fourth-order valence-corrected chi connectivity index (χ4v) is 4.36. The number of hydrogen-bond donors (Lipinski definition) is 1. The molecule has 0 spiro atoms. The fraction of sp³-hybridized carbons (Fsp3) is 0.400. The quantitative estimate of drug-likeness (QED) is 0.627. The van der Waals surface area contributed by atoms with Gasteiger partial charge in [-0.15, -0.1) is 0 Å². The van der Waals surface area contributed by atoms with E-state index in [0.29, 0.717) is 6.54 Å². The van der Waals surface area contributed by atoms with E-state index in [4.69, 9.17) is 4.74 Å². The number of carbonyl (C=O) groups is 1. The van der Waals surface area contributed by atoms with Crippen LogP contribution in [0.4, 0.5) is 4.39 Å². The van der Waals surface area contributed by atoms with Gasteiger partial charge in [0.1, 0.15) is 5.82 Å². The van der Waals surface area contributed by atoms with Crippen molar-refractivity contribution in [1.82, 2.24) is 14.8 Å². The number of aromatic amines is 1. The highest BCUT2D eigenvalue weighted by Crippen LogP contribution is 2.25. The molecule has 1 amide bonds. The van der Waals surface area contributed by atoms with Gasteiger partial charge in [-0.25, -0.2) is 4.39 Å². The Kier molecular flexibility index (Phi) is 6.68. The van der Waals surface area contributed by atoms with E-state index < -0.39 is 0 Å². The van der Waals surface area contributed by atoms with Gasteiger partial charge in [0.2, 0.25) is 5.91 Å². The highest BCUT2D eigenvalue weighted by molar-refractivity contribution is 5.90. The Balaban J connectivity index is 1.57. The van der Waals surface area contributed by atoms with E-state index in [1.54, 1.807) is 6.07 Å². The molecule has 164 valence electrons. The maximum Gasteiger partial charge on any atom is 0.227 e. The third-order valence-corrected chi connectivity index (χ3v) is 6.08. The second kappa shape index (κ2) is 9.62. The van der Waals surface area contributed by atoms with Crippen LogP contribution in [0.5, 0.6) is 0 Å². The summed E-state index contributed by atoms with van der Waals surface area (Å²) >= 11 is 0. The summed E-state index contributed by atoms with van der Waals surface area (Å²) in [5, 5.41) is 0.784. The number of nitrogens with one attached hydrogen (secondary N) is 1. The number of nitrogens with zero attached hydrogens (tertiary/aromatic N) is 2. The zero-order chi connectivity index (χ0) is 21.8. The van der Waals surface area contributed by atoms with Crippen molar-refractivity contribution < 1.29 is 13.9 Å². The largest absolute Gasteiger partial charge is 0.379 e. The average Bonchev–Trinajstić information content (AvgIpc) is 3.07. The lowest BCUT2D eigenvalue weighted by atomic mass is 10.1. The smallest absolute Gasteiger partial charge is 0.227 e. The Morgan fingerprint density at radius 2 is 1.94 bits per heavy atom. The average molecular weight is 424 g/mol. The van der Waals surface area contributed by atoms with E-state index in [9.17, 15) is 9.18 Å². The van der Waals surface area contributed by atoms with Gasteiger partial charge < -0.3 is 14.6 Å². The maximum absolute atomic E-state index is 13.9. The molecule has 1 N–H and O–H groups in total. The highest BCUT2D eigenvalue weighted by atomic mass is 19.1. The molecule has 1 aliphatic heterocycles. The molecule has 0 bridgehead atoms. The number of H-pyrrole nitrogens is 1. The van der Waals surface area contributed by atoms with Crippen molar-refractivity contribution in [2.24, 2.45) is 0 Å². The first-order chi connectivity index (χ1) is 15.0. The third kappa shape index (κ3) is 5.14. The predicted octanol–water partition coefficient (Wildman–Crippen LogP) is 3.91. The first kappa shape index (κ1) is 21.5. The van der Waals surface area contributed by atoms with Crippen molar-refractivity contribution in [3.63, 3.8) is 0 Å². The van der Waals surface area contributed by atoms with Gasteiger partial charge in [0.15, 0.2) is 0 Å². The lowest BCUT2D eigenvalue weighted by Gasteiger charge is -2.35. The molecule has 6 heteroatoms. The summed E-state index contributed by atoms with van der Waals surface area (Å²) in [7, 11) is 0. The van der Waals surface area contributed by atoms with E-state index in [1.807, 2.05) is 42.2 Å². The fourth-order valence-electron chi connectivity index (χ4n) is 4.36. The number of amides is 1. The van der Waals surface area contributed by atoms with Gasteiger partial charge in [-0.05, 0) is 43.2 Å². The summed E-state index contributed by atoms with van der Waals surface area (Å²) < 4.78 is 19.3. The lowest BCUT2D eigenvalue weighted by Crippen LogP contribution is -2.48. The van der Waals surface area contributed by atoms with Gasteiger partial charge in [-0.3, -0.25) is 9.69 Å². The molecule has 1 aliphatic rings. The molecule has 1 saturated heterocycles. The van der Waals surface area contributed by atoms with Crippen molar-refractivity contribution in [2.75, 3.05) is 32.8 Å². The number of morpholine rings is 1. The van der Waals surface area contributed by atoms with Crippen LogP contribution in [-0.4, -0.2) is 59.6 Å². The van der Waals surface area contributed by atoms with E-state index >= 15 is 0 Å². The van der Waals surface area contributed by atoms with E-state index in [1.165, 1.54) is 12.1 Å². The molecule has 31 heavy (non-hydrogen) atoms. The molecule has 0 radical (unpaired) electrons. The molecule has 4 rings (SSSR count). The number of halogens is 1. The molecule has 2 heterocycles. The monoisotopic (exact) mass is 423 g/mol. The van der Waals surface area contributed by atoms with Gasteiger partial charge in [0.05, 0.1) is 19.6 Å². The molecule has 1 atom stereocenters. The summed E-state index contributed by atoms with van der Waals surface area (Å²) in [5.41, 5.74) is 3.75. The Morgan fingerprint density at radius 3 is 2.68 bits per heavy atom. The summed E-state index contributed by atoms with van der Waals surface area (Å²) in [6.07, 6.45) is 0.246. The zero-order valence-corrected chi connectivity index (χ0v) is 18.2. The standard InChI is InChI=1S/C25H30FN3O2/c1-18(16-28-10-12-31-13-11-28)29(17-20-6-4-3-5-7-20)25(30)15-22-19(2)27-24-9-8-21(26)14-23(22)24/h3-9,14,18,27H,10-13,15-17H2,1-2H3. The first-order valence-corrected chi connectivity index (χ1v) is 10.9. The number of aryl methyl sites for hydroxylation is 1. The van der Waals surface area contributed by atoms with Gasteiger partial charge in [-0.1, -0.05) is 30.3 Å². The summed E-state index contributed by atoms with van der Waals surface area (Å²) in [6.45, 7) is 8.66. The van der Waals surface area contributed by atoms with Crippen molar-refractivity contribution >= 4 is 16.8 Å². The van der Waals surface area contributed by atoms with Crippen LogP contribution < -0.4 is 0 Å². The topological polar surface area (TPSA) is 48.6 Å². The summed E-state index contributed by atoms with van der Waals surface area (Å²) in [4.78, 5) is 21.2. The van der Waals surface area contributed by atoms with Gasteiger partial charge in [0.25, 0.3) is 0 Å². The summed E-state index contributed by atoms with van der Waals surface area (Å²) in [6, 6.07) is 14.8. The molecule has 1 unspecified atom stereocenters. The number of aromatic nitrogens is 1. The highest BCUT2D eigenvalue weighted by Gasteiger charge is 2.25. The molecule has 0 saturated carbocycles. The second-order valence-corrected chi connectivity index (χ2v) is 8.36. The van der Waals surface area contributed by atoms with Crippen LogP contribution in [0.15, 0.2) is 48.5 Å². The van der Waals surface area contributed by atoms with Gasteiger partial charge >= 0.3 is 0 Å². The van der Waals surface area contributed by atoms with Crippen LogP contribution in [-0.2, 0) is 22.5 Å². The molecule has 1 aromatic heterocycles. The zero-order valence-electron chi connectivity index (χ0n) is 18.2. The van der Waals surface area contributed by atoms with Crippen molar-refractivity contribution in [3.8, 4) is 0 Å². The van der Waals surface area contributed by atoms with Crippen LogP contribution in [0.2, 0.25) is 0 Å². The maximum atomic E-state index is 13.9. The minimum atomic E-state index is -0.290. The normalized spacial score (nSPS) is 15.8. The van der Waals surface area contributed by atoms with Gasteiger partial charge in [0, 0.05) is 48.8 Å². The van der Waals surface area contributed by atoms with E-state index in [2.05, 4.69) is 16.8 Å². The molecule has 0 aliphatic carbocycles. The third-order valence-electron chi connectivity index (χ3n) is 6.08. The van der Waals surface area contributed by atoms with Crippen molar-refractivity contribution in [1.29, 1.82) is 0 Å². The second-order valence-electron chi connectivity index (χ2n) is 8.36. The minimum absolute atomic E-state index is 0.0491.